The smallest absolute Gasteiger partial charge is 0.259 e. The van der Waals surface area contributed by atoms with Crippen LogP contribution >= 0.6 is 15.9 Å². The summed E-state index contributed by atoms with van der Waals surface area (Å²) in [6.07, 6.45) is 1.58. The van der Waals surface area contributed by atoms with Gasteiger partial charge in [-0.25, -0.2) is 5.43 Å². The van der Waals surface area contributed by atoms with Crippen LogP contribution < -0.4 is 15.5 Å². The van der Waals surface area contributed by atoms with E-state index in [0.29, 0.717) is 12.4 Å². The number of ether oxygens (including phenoxy) is 1. The SMILES string of the molecule is Cc1ccc(NCC(=O)N/N=C/c2cc(Br)ccc2OCc2ccccc2)cc1. The highest BCUT2D eigenvalue weighted by Gasteiger charge is 2.04. The molecule has 6 heteroatoms. The predicted molar refractivity (Wildman–Crippen MR) is 120 cm³/mol. The number of benzene rings is 3. The molecule has 29 heavy (non-hydrogen) atoms. The lowest BCUT2D eigenvalue weighted by atomic mass is 10.2. The zero-order chi connectivity index (χ0) is 20.5. The summed E-state index contributed by atoms with van der Waals surface area (Å²) in [5.74, 6) is 0.455. The maximum Gasteiger partial charge on any atom is 0.259 e. The molecule has 148 valence electrons. The van der Waals surface area contributed by atoms with Gasteiger partial charge in [0.1, 0.15) is 12.4 Å². The highest BCUT2D eigenvalue weighted by atomic mass is 79.9. The Balaban J connectivity index is 1.55. The molecule has 0 aliphatic rings. The lowest BCUT2D eigenvalue weighted by Crippen LogP contribution is -2.25. The number of hydrogen-bond acceptors (Lipinski definition) is 4. The molecule has 0 aromatic heterocycles. The van der Waals surface area contributed by atoms with Crippen molar-refractivity contribution in [1.82, 2.24) is 5.43 Å². The molecule has 0 saturated carbocycles. The first-order valence-electron chi connectivity index (χ1n) is 9.19. The Labute approximate surface area is 178 Å². The monoisotopic (exact) mass is 451 g/mol. The molecule has 5 nitrogen and oxygen atoms in total. The Morgan fingerprint density at radius 2 is 1.83 bits per heavy atom. The molecule has 3 aromatic carbocycles. The molecule has 3 aromatic rings. The fourth-order valence-corrected chi connectivity index (χ4v) is 2.93. The van der Waals surface area contributed by atoms with E-state index in [-0.39, 0.29) is 12.5 Å². The summed E-state index contributed by atoms with van der Waals surface area (Å²) < 4.78 is 6.81. The number of hydrazone groups is 1. The fourth-order valence-electron chi connectivity index (χ4n) is 2.55. The number of anilines is 1. The van der Waals surface area contributed by atoms with Crippen LogP contribution in [-0.2, 0) is 11.4 Å². The van der Waals surface area contributed by atoms with Crippen LogP contribution in [0.1, 0.15) is 16.7 Å². The van der Waals surface area contributed by atoms with Gasteiger partial charge in [0, 0.05) is 15.7 Å². The zero-order valence-corrected chi connectivity index (χ0v) is 17.6. The van der Waals surface area contributed by atoms with Crippen molar-refractivity contribution in [3.05, 3.63) is 94.0 Å². The van der Waals surface area contributed by atoms with Crippen molar-refractivity contribution in [3.63, 3.8) is 0 Å². The molecule has 0 aliphatic heterocycles. The first kappa shape index (κ1) is 20.6. The Morgan fingerprint density at radius 3 is 2.59 bits per heavy atom. The van der Waals surface area contributed by atoms with Gasteiger partial charge in [-0.1, -0.05) is 64.0 Å². The summed E-state index contributed by atoms with van der Waals surface area (Å²) in [4.78, 5) is 12.0. The average Bonchev–Trinajstić information content (AvgIpc) is 2.73. The lowest BCUT2D eigenvalue weighted by Gasteiger charge is -2.10. The van der Waals surface area contributed by atoms with Crippen LogP contribution in [0, 0.1) is 6.92 Å². The van der Waals surface area contributed by atoms with E-state index in [1.54, 1.807) is 6.21 Å². The summed E-state index contributed by atoms with van der Waals surface area (Å²) in [5.41, 5.74) is 6.43. The second kappa shape index (κ2) is 10.4. The second-order valence-electron chi connectivity index (χ2n) is 6.47. The van der Waals surface area contributed by atoms with Gasteiger partial charge in [0.2, 0.25) is 0 Å². The van der Waals surface area contributed by atoms with Crippen molar-refractivity contribution in [2.24, 2.45) is 5.10 Å². The summed E-state index contributed by atoms with van der Waals surface area (Å²) in [6.45, 7) is 2.61. The average molecular weight is 452 g/mol. The fraction of sp³-hybridized carbons (Fsp3) is 0.130. The topological polar surface area (TPSA) is 62.7 Å². The summed E-state index contributed by atoms with van der Waals surface area (Å²) >= 11 is 3.45. The number of aryl methyl sites for hydroxylation is 1. The molecule has 0 atom stereocenters. The molecule has 0 bridgehead atoms. The van der Waals surface area contributed by atoms with Crippen LogP contribution in [0.15, 0.2) is 82.4 Å². The minimum absolute atomic E-state index is 0.135. The third-order valence-corrected chi connectivity index (χ3v) is 4.60. The number of rotatable bonds is 8. The van der Waals surface area contributed by atoms with E-state index in [1.807, 2.05) is 79.7 Å². The van der Waals surface area contributed by atoms with Crippen molar-refractivity contribution in [3.8, 4) is 5.75 Å². The van der Waals surface area contributed by atoms with E-state index in [2.05, 4.69) is 31.8 Å². The number of carbonyl (C=O) groups excluding carboxylic acids is 1. The predicted octanol–water partition coefficient (Wildman–Crippen LogP) is 4.90. The number of halogens is 1. The van der Waals surface area contributed by atoms with Gasteiger partial charge in [0.25, 0.3) is 5.91 Å². The van der Waals surface area contributed by atoms with Gasteiger partial charge in [0.15, 0.2) is 0 Å². The van der Waals surface area contributed by atoms with Gasteiger partial charge < -0.3 is 10.1 Å². The maximum absolute atomic E-state index is 12.0. The quantitative estimate of drug-likeness (QED) is 0.378. The standard InChI is InChI=1S/C23H22BrN3O2/c1-17-7-10-21(11-8-17)25-15-23(28)27-26-14-19-13-20(24)9-12-22(19)29-16-18-5-3-2-4-6-18/h2-14,25H,15-16H2,1H3,(H,27,28)/b26-14+. The first-order chi connectivity index (χ1) is 14.1. The molecule has 0 radical (unpaired) electrons. The van der Waals surface area contributed by atoms with Gasteiger partial charge in [-0.3, -0.25) is 4.79 Å². The normalized spacial score (nSPS) is 10.7. The zero-order valence-electron chi connectivity index (χ0n) is 16.1. The molecule has 0 aliphatic carbocycles. The Kier molecular flexibility index (Phi) is 7.41. The van der Waals surface area contributed by atoms with E-state index >= 15 is 0 Å². The van der Waals surface area contributed by atoms with Crippen LogP contribution in [0.2, 0.25) is 0 Å². The van der Waals surface area contributed by atoms with E-state index in [1.165, 1.54) is 5.56 Å². The molecule has 0 fully saturated rings. The van der Waals surface area contributed by atoms with Gasteiger partial charge >= 0.3 is 0 Å². The van der Waals surface area contributed by atoms with E-state index < -0.39 is 0 Å². The minimum atomic E-state index is -0.233. The number of nitrogens with one attached hydrogen (secondary N) is 2. The Bertz CT molecular complexity index is 973. The number of amides is 1. The van der Waals surface area contributed by atoms with Crippen LogP contribution in [0.4, 0.5) is 5.69 Å². The summed E-state index contributed by atoms with van der Waals surface area (Å²) in [7, 11) is 0. The van der Waals surface area contributed by atoms with Crippen molar-refractivity contribution in [2.45, 2.75) is 13.5 Å². The second-order valence-corrected chi connectivity index (χ2v) is 7.38. The van der Waals surface area contributed by atoms with Gasteiger partial charge in [-0.05, 0) is 42.8 Å². The molecule has 0 spiro atoms. The molecule has 0 heterocycles. The molecule has 2 N–H and O–H groups in total. The van der Waals surface area contributed by atoms with Gasteiger partial charge in [-0.15, -0.1) is 0 Å². The number of carbonyl (C=O) groups is 1. The van der Waals surface area contributed by atoms with E-state index in [4.69, 9.17) is 4.74 Å². The Hall–Kier alpha value is -3.12. The molecular weight excluding hydrogens is 430 g/mol. The highest BCUT2D eigenvalue weighted by molar-refractivity contribution is 9.10. The molecule has 3 rings (SSSR count). The number of hydrogen-bond donors (Lipinski definition) is 2. The summed E-state index contributed by atoms with van der Waals surface area (Å²) in [6, 6.07) is 23.4. The van der Waals surface area contributed by atoms with E-state index in [0.717, 1.165) is 21.3 Å². The maximum atomic E-state index is 12.0. The molecular formula is C23H22BrN3O2. The van der Waals surface area contributed by atoms with Crippen LogP contribution in [0.3, 0.4) is 0 Å². The van der Waals surface area contributed by atoms with Gasteiger partial charge in [-0.2, -0.15) is 5.10 Å². The first-order valence-corrected chi connectivity index (χ1v) is 9.98. The van der Waals surface area contributed by atoms with Crippen LogP contribution in [0.5, 0.6) is 5.75 Å². The van der Waals surface area contributed by atoms with E-state index in [9.17, 15) is 4.79 Å². The number of nitrogens with zero attached hydrogens (tertiary/aromatic N) is 1. The van der Waals surface area contributed by atoms with Crippen molar-refractivity contribution < 1.29 is 9.53 Å². The largest absolute Gasteiger partial charge is 0.488 e. The van der Waals surface area contributed by atoms with Crippen molar-refractivity contribution >= 4 is 33.7 Å². The minimum Gasteiger partial charge on any atom is -0.488 e. The third-order valence-electron chi connectivity index (χ3n) is 4.11. The Morgan fingerprint density at radius 1 is 1.07 bits per heavy atom. The molecule has 0 saturated heterocycles. The molecule has 0 unspecified atom stereocenters. The van der Waals surface area contributed by atoms with Crippen LogP contribution in [0.25, 0.3) is 0 Å². The van der Waals surface area contributed by atoms with Crippen molar-refractivity contribution in [1.29, 1.82) is 0 Å². The van der Waals surface area contributed by atoms with Crippen LogP contribution in [-0.4, -0.2) is 18.7 Å². The third kappa shape index (κ3) is 6.76. The highest BCUT2D eigenvalue weighted by Crippen LogP contribution is 2.22. The lowest BCUT2D eigenvalue weighted by molar-refractivity contribution is -0.119. The summed E-state index contributed by atoms with van der Waals surface area (Å²) in [5, 5.41) is 7.12. The van der Waals surface area contributed by atoms with Gasteiger partial charge in [0.05, 0.1) is 12.8 Å². The van der Waals surface area contributed by atoms with Crippen molar-refractivity contribution in [2.75, 3.05) is 11.9 Å². The molecule has 1 amide bonds.